The molecule has 0 saturated carbocycles. The Hall–Kier alpha value is -2.84. The van der Waals surface area contributed by atoms with Crippen molar-refractivity contribution in [2.45, 2.75) is 44.7 Å². The van der Waals surface area contributed by atoms with Crippen LogP contribution in [-0.2, 0) is 32.5 Å². The first-order valence-corrected chi connectivity index (χ1v) is 14.7. The molecule has 2 N–H and O–H groups in total. The number of benzene rings is 1. The lowest BCUT2D eigenvalue weighted by Crippen LogP contribution is -2.40. The van der Waals surface area contributed by atoms with E-state index < -0.39 is 27.9 Å². The first-order chi connectivity index (χ1) is 18.1. The van der Waals surface area contributed by atoms with Crippen molar-refractivity contribution in [1.29, 1.82) is 0 Å². The monoisotopic (exact) mass is 564 g/mol. The number of hydrogen-bond acceptors (Lipinski definition) is 9. The molecule has 0 spiro atoms. The van der Waals surface area contributed by atoms with Crippen LogP contribution in [0.25, 0.3) is 0 Å². The molecule has 0 bridgehead atoms. The van der Waals surface area contributed by atoms with Crippen LogP contribution in [0.3, 0.4) is 0 Å². The first-order valence-electron chi connectivity index (χ1n) is 12.5. The number of sulfonamides is 1. The zero-order valence-electron chi connectivity index (χ0n) is 21.6. The molecule has 0 radical (unpaired) electrons. The molecule has 3 heterocycles. The molecule has 1 saturated heterocycles. The molecule has 11 nitrogen and oxygen atoms in total. The summed E-state index contributed by atoms with van der Waals surface area (Å²) in [6, 6.07) is 5.99. The summed E-state index contributed by atoms with van der Waals surface area (Å²) in [4.78, 5) is 41.5. The summed E-state index contributed by atoms with van der Waals surface area (Å²) in [5.41, 5.74) is 1.29. The quantitative estimate of drug-likeness (QED) is 0.524. The smallest absolute Gasteiger partial charge is 0.414 e. The molecule has 3 amide bonds. The Morgan fingerprint density at radius 3 is 2.39 bits per heavy atom. The fraction of sp³-hybridized carbons (Fsp3) is 0.480. The van der Waals surface area contributed by atoms with E-state index in [1.807, 2.05) is 0 Å². The molecule has 4 rings (SSSR count). The Balaban J connectivity index is 1.57. The minimum Gasteiger partial charge on any atom is -0.450 e. The Bertz CT molecular complexity index is 1300. The number of morpholine rings is 1. The summed E-state index contributed by atoms with van der Waals surface area (Å²) in [6.07, 6.45) is -0.258. The zero-order valence-corrected chi connectivity index (χ0v) is 23.2. The SMILES string of the molecule is CCOC(=O)NC(=O)c1c(NC(=O)c2ccc(S(=O)(=O)N3CCOCC3)cc2)sc2c1CCN(C(C)C)C2. The van der Waals surface area contributed by atoms with E-state index in [0.717, 1.165) is 17.0 Å². The highest BCUT2D eigenvalue weighted by Crippen LogP contribution is 2.38. The van der Waals surface area contributed by atoms with Crippen molar-refractivity contribution >= 4 is 44.3 Å². The molecule has 38 heavy (non-hydrogen) atoms. The molecule has 2 aliphatic heterocycles. The van der Waals surface area contributed by atoms with Gasteiger partial charge in [0, 0.05) is 42.7 Å². The summed E-state index contributed by atoms with van der Waals surface area (Å²) in [7, 11) is -3.69. The molecular weight excluding hydrogens is 532 g/mol. The highest BCUT2D eigenvalue weighted by atomic mass is 32.2. The van der Waals surface area contributed by atoms with Gasteiger partial charge in [-0.1, -0.05) is 0 Å². The molecule has 0 atom stereocenters. The standard InChI is InChI=1S/C25H32N4O7S2/c1-4-36-25(32)27-23(31)21-19-9-10-28(16(2)3)15-20(19)37-24(21)26-22(30)17-5-7-18(8-6-17)38(33,34)29-11-13-35-14-12-29/h5-8,16H,4,9-15H2,1-3H3,(H,26,30)(H,27,31,32). The lowest BCUT2D eigenvalue weighted by Gasteiger charge is -2.30. The highest BCUT2D eigenvalue weighted by Gasteiger charge is 2.31. The number of imide groups is 1. The van der Waals surface area contributed by atoms with Crippen LogP contribution in [0.4, 0.5) is 9.80 Å². The van der Waals surface area contributed by atoms with Crippen LogP contribution >= 0.6 is 11.3 Å². The van der Waals surface area contributed by atoms with Crippen molar-refractivity contribution in [2.75, 3.05) is 44.8 Å². The number of nitrogens with zero attached hydrogens (tertiary/aromatic N) is 2. The molecule has 1 aromatic carbocycles. The number of carbonyl (C=O) groups is 3. The number of anilines is 1. The van der Waals surface area contributed by atoms with Gasteiger partial charge in [-0.25, -0.2) is 13.2 Å². The predicted molar refractivity (Wildman–Crippen MR) is 142 cm³/mol. The van der Waals surface area contributed by atoms with Crippen molar-refractivity contribution in [2.24, 2.45) is 0 Å². The second-order valence-electron chi connectivity index (χ2n) is 9.19. The lowest BCUT2D eigenvalue weighted by molar-refractivity contribution is 0.0730. The molecule has 0 aliphatic carbocycles. The summed E-state index contributed by atoms with van der Waals surface area (Å²) in [5.74, 6) is -1.13. The molecule has 1 fully saturated rings. The maximum atomic E-state index is 13.1. The van der Waals surface area contributed by atoms with Crippen molar-refractivity contribution in [3.05, 3.63) is 45.8 Å². The third kappa shape index (κ3) is 6.07. The third-order valence-corrected chi connectivity index (χ3v) is 9.53. The number of carbonyl (C=O) groups excluding carboxylic acids is 3. The van der Waals surface area contributed by atoms with Crippen molar-refractivity contribution in [1.82, 2.24) is 14.5 Å². The van der Waals surface area contributed by atoms with E-state index in [9.17, 15) is 22.8 Å². The summed E-state index contributed by atoms with van der Waals surface area (Å²) in [5, 5.41) is 5.38. The van der Waals surface area contributed by atoms with Gasteiger partial charge in [0.2, 0.25) is 10.0 Å². The number of alkyl carbamates (subject to hydrolysis) is 1. The number of ether oxygens (including phenoxy) is 2. The second-order valence-corrected chi connectivity index (χ2v) is 12.2. The fourth-order valence-corrected chi connectivity index (χ4v) is 7.08. The molecule has 2 aliphatic rings. The maximum Gasteiger partial charge on any atom is 0.414 e. The van der Waals surface area contributed by atoms with Crippen molar-refractivity contribution < 1.29 is 32.3 Å². The molecular formula is C25H32N4O7S2. The number of thiophene rings is 1. The van der Waals surface area contributed by atoms with E-state index in [-0.39, 0.29) is 35.7 Å². The molecule has 0 unspecified atom stereocenters. The van der Waals surface area contributed by atoms with E-state index in [1.54, 1.807) is 6.92 Å². The fourth-order valence-electron chi connectivity index (χ4n) is 4.40. The van der Waals surface area contributed by atoms with Gasteiger partial charge in [-0.3, -0.25) is 19.8 Å². The van der Waals surface area contributed by atoms with Gasteiger partial charge < -0.3 is 14.8 Å². The maximum absolute atomic E-state index is 13.1. The number of rotatable bonds is 7. The minimum atomic E-state index is -3.69. The van der Waals surface area contributed by atoms with Crippen LogP contribution in [0.15, 0.2) is 29.2 Å². The molecule has 1 aromatic heterocycles. The number of amides is 3. The van der Waals surface area contributed by atoms with Crippen LogP contribution in [-0.4, -0.2) is 81.0 Å². The summed E-state index contributed by atoms with van der Waals surface area (Å²) >= 11 is 1.30. The predicted octanol–water partition coefficient (Wildman–Crippen LogP) is 2.67. The van der Waals surface area contributed by atoms with E-state index in [1.165, 1.54) is 39.9 Å². The van der Waals surface area contributed by atoms with E-state index in [2.05, 4.69) is 29.4 Å². The van der Waals surface area contributed by atoms with Crippen LogP contribution in [0.1, 0.15) is 51.9 Å². The molecule has 13 heteroatoms. The Kier molecular flexibility index (Phi) is 8.83. The van der Waals surface area contributed by atoms with Gasteiger partial charge in [-0.15, -0.1) is 11.3 Å². The van der Waals surface area contributed by atoms with Gasteiger partial charge in [0.25, 0.3) is 11.8 Å². The molecule has 2 aromatic rings. The Morgan fingerprint density at radius 1 is 1.08 bits per heavy atom. The summed E-state index contributed by atoms with van der Waals surface area (Å²) < 4.78 is 37.2. The second kappa shape index (κ2) is 11.9. The number of fused-ring (bicyclic) bond motifs is 1. The number of hydrogen-bond donors (Lipinski definition) is 2. The van der Waals surface area contributed by atoms with Crippen LogP contribution < -0.4 is 10.6 Å². The van der Waals surface area contributed by atoms with E-state index >= 15 is 0 Å². The van der Waals surface area contributed by atoms with Crippen LogP contribution in [0.2, 0.25) is 0 Å². The van der Waals surface area contributed by atoms with Gasteiger partial charge in [0.1, 0.15) is 5.00 Å². The average Bonchev–Trinajstić information content (AvgIpc) is 3.26. The van der Waals surface area contributed by atoms with E-state index in [0.29, 0.717) is 37.2 Å². The Labute approximate surface area is 226 Å². The largest absolute Gasteiger partial charge is 0.450 e. The van der Waals surface area contributed by atoms with Crippen LogP contribution in [0, 0.1) is 0 Å². The van der Waals surface area contributed by atoms with Crippen molar-refractivity contribution in [3.8, 4) is 0 Å². The van der Waals surface area contributed by atoms with Gasteiger partial charge in [0.05, 0.1) is 30.3 Å². The Morgan fingerprint density at radius 2 is 1.76 bits per heavy atom. The topological polar surface area (TPSA) is 134 Å². The van der Waals surface area contributed by atoms with Crippen LogP contribution in [0.5, 0.6) is 0 Å². The average molecular weight is 565 g/mol. The van der Waals surface area contributed by atoms with Crippen molar-refractivity contribution in [3.63, 3.8) is 0 Å². The van der Waals surface area contributed by atoms with Gasteiger partial charge in [-0.05, 0) is 57.0 Å². The summed E-state index contributed by atoms with van der Waals surface area (Å²) in [6.45, 7) is 8.55. The third-order valence-electron chi connectivity index (χ3n) is 6.49. The first kappa shape index (κ1) is 28.2. The lowest BCUT2D eigenvalue weighted by atomic mass is 10.0. The van der Waals surface area contributed by atoms with Gasteiger partial charge in [-0.2, -0.15) is 4.31 Å². The normalized spacial score (nSPS) is 16.6. The van der Waals surface area contributed by atoms with E-state index in [4.69, 9.17) is 9.47 Å². The van der Waals surface area contributed by atoms with Gasteiger partial charge >= 0.3 is 6.09 Å². The molecule has 206 valence electrons. The zero-order chi connectivity index (χ0) is 27.4. The van der Waals surface area contributed by atoms with Gasteiger partial charge in [0.15, 0.2) is 0 Å². The highest BCUT2D eigenvalue weighted by molar-refractivity contribution is 7.89. The number of nitrogens with one attached hydrogen (secondary N) is 2. The minimum absolute atomic E-state index is 0.0887.